The molecule has 3 aromatic heterocycles. The predicted octanol–water partition coefficient (Wildman–Crippen LogP) is 3.90. The van der Waals surface area contributed by atoms with Crippen molar-refractivity contribution < 1.29 is 9.18 Å². The third kappa shape index (κ3) is 4.27. The fourth-order valence-electron chi connectivity index (χ4n) is 5.19. The summed E-state index contributed by atoms with van der Waals surface area (Å²) in [6, 6.07) is 5.94. The molecule has 0 aliphatic carbocycles. The van der Waals surface area contributed by atoms with Gasteiger partial charge in [-0.1, -0.05) is 29.3 Å². The van der Waals surface area contributed by atoms with Gasteiger partial charge in [0, 0.05) is 44.5 Å². The van der Waals surface area contributed by atoms with Gasteiger partial charge in [-0.25, -0.2) is 4.39 Å². The Labute approximate surface area is 221 Å². The maximum Gasteiger partial charge on any atom is 0.272 e. The van der Waals surface area contributed by atoms with Crippen molar-refractivity contribution in [1.29, 1.82) is 0 Å². The minimum atomic E-state index is -0.594. The highest BCUT2D eigenvalue weighted by atomic mass is 35.5. The minimum absolute atomic E-state index is 0.0148. The van der Waals surface area contributed by atoms with E-state index in [2.05, 4.69) is 24.6 Å². The molecule has 9 nitrogen and oxygen atoms in total. The zero-order valence-electron chi connectivity index (χ0n) is 19.9. The molecular weight excluding hydrogens is 520 g/mol. The first-order valence-corrected chi connectivity index (χ1v) is 13.0. The summed E-state index contributed by atoms with van der Waals surface area (Å²) in [4.78, 5) is 32.1. The molecule has 37 heavy (non-hydrogen) atoms. The Bertz CT molecular complexity index is 1570. The van der Waals surface area contributed by atoms with E-state index >= 15 is 0 Å². The summed E-state index contributed by atoms with van der Waals surface area (Å²) in [5.74, 6) is 0.558. The van der Waals surface area contributed by atoms with Gasteiger partial charge in [-0.15, -0.1) is 10.2 Å². The molecule has 0 radical (unpaired) electrons. The Morgan fingerprint density at radius 2 is 1.86 bits per heavy atom. The number of nitrogens with zero attached hydrogens (tertiary/aromatic N) is 6. The summed E-state index contributed by atoms with van der Waals surface area (Å²) in [7, 11) is 0. The number of carbonyl (C=O) groups excluding carboxylic acids is 1. The van der Waals surface area contributed by atoms with Crippen LogP contribution in [0.3, 0.4) is 0 Å². The Morgan fingerprint density at radius 1 is 1.05 bits per heavy atom. The lowest BCUT2D eigenvalue weighted by Gasteiger charge is -2.31. The van der Waals surface area contributed by atoms with Crippen molar-refractivity contribution in [2.24, 2.45) is 0 Å². The zero-order valence-corrected chi connectivity index (χ0v) is 21.4. The van der Waals surface area contributed by atoms with E-state index in [4.69, 9.17) is 23.2 Å². The molecule has 2 aliphatic heterocycles. The van der Waals surface area contributed by atoms with E-state index in [0.717, 1.165) is 31.9 Å². The number of rotatable bonds is 4. The highest BCUT2D eigenvalue weighted by Gasteiger charge is 2.29. The second-order valence-corrected chi connectivity index (χ2v) is 10.2. The first-order valence-electron chi connectivity index (χ1n) is 12.2. The van der Waals surface area contributed by atoms with E-state index in [1.165, 1.54) is 18.6 Å². The Kier molecular flexibility index (Phi) is 6.16. The molecular formula is C25H24Cl2FN7O2. The fourth-order valence-corrected chi connectivity index (χ4v) is 5.63. The number of aromatic amines is 1. The molecule has 0 spiro atoms. The van der Waals surface area contributed by atoms with E-state index < -0.39 is 11.7 Å². The molecule has 4 aromatic rings. The summed E-state index contributed by atoms with van der Waals surface area (Å²) in [5, 5.41) is 9.19. The predicted molar refractivity (Wildman–Crippen MR) is 138 cm³/mol. The van der Waals surface area contributed by atoms with Crippen LogP contribution in [0.1, 0.15) is 46.7 Å². The average molecular weight is 544 g/mol. The number of hydrogen-bond donors (Lipinski definition) is 1. The van der Waals surface area contributed by atoms with Crippen molar-refractivity contribution in [3.05, 3.63) is 79.5 Å². The highest BCUT2D eigenvalue weighted by Crippen LogP contribution is 2.28. The number of nitrogens with one attached hydrogen (secondary N) is 1. The summed E-state index contributed by atoms with van der Waals surface area (Å²) in [5.41, 5.74) is 1.31. The summed E-state index contributed by atoms with van der Waals surface area (Å²) in [6.07, 6.45) is 5.34. The molecule has 1 saturated heterocycles. The number of fused-ring (bicyclic) bond motifs is 2. The monoisotopic (exact) mass is 543 g/mol. The van der Waals surface area contributed by atoms with Crippen molar-refractivity contribution in [2.45, 2.75) is 38.8 Å². The Morgan fingerprint density at radius 3 is 2.68 bits per heavy atom. The molecule has 1 fully saturated rings. The summed E-state index contributed by atoms with van der Waals surface area (Å²) < 4.78 is 18.5. The smallest absolute Gasteiger partial charge is 0.272 e. The number of hydrogen-bond acceptors (Lipinski definition) is 5. The van der Waals surface area contributed by atoms with Crippen LogP contribution in [0.4, 0.5) is 10.3 Å². The van der Waals surface area contributed by atoms with Gasteiger partial charge in [-0.2, -0.15) is 0 Å². The van der Waals surface area contributed by atoms with Gasteiger partial charge >= 0.3 is 0 Å². The Balaban J connectivity index is 1.25. The van der Waals surface area contributed by atoms with Crippen LogP contribution in [0, 0.1) is 5.82 Å². The van der Waals surface area contributed by atoms with E-state index in [-0.39, 0.29) is 27.8 Å². The maximum atomic E-state index is 14.9. The van der Waals surface area contributed by atoms with E-state index in [1.54, 1.807) is 27.6 Å². The molecule has 5 heterocycles. The van der Waals surface area contributed by atoms with Crippen molar-refractivity contribution >= 4 is 40.6 Å². The van der Waals surface area contributed by atoms with Crippen molar-refractivity contribution in [1.82, 2.24) is 29.0 Å². The first-order chi connectivity index (χ1) is 17.9. The third-order valence-electron chi connectivity index (χ3n) is 7.09. The van der Waals surface area contributed by atoms with Gasteiger partial charge in [-0.05, 0) is 43.0 Å². The number of H-pyrrole nitrogens is 1. The normalized spacial score (nSPS) is 15.9. The molecule has 0 bridgehead atoms. The number of aromatic nitrogens is 5. The van der Waals surface area contributed by atoms with Crippen molar-refractivity contribution in [3.8, 4) is 0 Å². The topological polar surface area (TPSA) is 91.5 Å². The quantitative estimate of drug-likeness (QED) is 0.421. The van der Waals surface area contributed by atoms with Crippen LogP contribution in [0.2, 0.25) is 10.2 Å². The van der Waals surface area contributed by atoms with E-state index in [0.29, 0.717) is 42.1 Å². The van der Waals surface area contributed by atoms with Gasteiger partial charge in [0.1, 0.15) is 16.5 Å². The van der Waals surface area contributed by atoms with Gasteiger partial charge < -0.3 is 14.8 Å². The lowest BCUT2D eigenvalue weighted by atomic mass is 10.0. The highest BCUT2D eigenvalue weighted by molar-refractivity contribution is 6.42. The second-order valence-electron chi connectivity index (χ2n) is 9.45. The number of piperidine rings is 1. The zero-order chi connectivity index (χ0) is 25.7. The van der Waals surface area contributed by atoms with Crippen LogP contribution in [0.25, 0.3) is 5.52 Å². The molecule has 12 heteroatoms. The number of amides is 1. The molecule has 1 aromatic carbocycles. The third-order valence-corrected chi connectivity index (χ3v) is 7.85. The lowest BCUT2D eigenvalue weighted by Crippen LogP contribution is -2.40. The molecule has 0 atom stereocenters. The first kappa shape index (κ1) is 24.0. The molecule has 0 saturated carbocycles. The molecule has 192 valence electrons. The van der Waals surface area contributed by atoms with Gasteiger partial charge in [0.15, 0.2) is 5.82 Å². The largest absolute Gasteiger partial charge is 0.341 e. The maximum absolute atomic E-state index is 14.9. The van der Waals surface area contributed by atoms with Gasteiger partial charge in [-0.3, -0.25) is 18.6 Å². The van der Waals surface area contributed by atoms with Gasteiger partial charge in [0.2, 0.25) is 5.95 Å². The summed E-state index contributed by atoms with van der Waals surface area (Å²) in [6.45, 7) is 3.18. The lowest BCUT2D eigenvalue weighted by molar-refractivity contribution is 0.0703. The summed E-state index contributed by atoms with van der Waals surface area (Å²) >= 11 is 12.5. The Hall–Kier alpha value is -3.37. The van der Waals surface area contributed by atoms with Crippen LogP contribution in [0.15, 0.2) is 35.3 Å². The van der Waals surface area contributed by atoms with Crippen LogP contribution in [-0.4, -0.2) is 54.6 Å². The van der Waals surface area contributed by atoms with Crippen LogP contribution in [-0.2, 0) is 19.5 Å². The van der Waals surface area contributed by atoms with E-state index in [1.807, 2.05) is 0 Å². The minimum Gasteiger partial charge on any atom is -0.341 e. The van der Waals surface area contributed by atoms with Crippen molar-refractivity contribution in [2.75, 3.05) is 24.5 Å². The number of halogens is 3. The molecule has 6 rings (SSSR count). The van der Waals surface area contributed by atoms with Gasteiger partial charge in [0.25, 0.3) is 11.5 Å². The average Bonchev–Trinajstić information content (AvgIpc) is 3.48. The van der Waals surface area contributed by atoms with Crippen LogP contribution in [0.5, 0.6) is 0 Å². The molecule has 1 N–H and O–H groups in total. The van der Waals surface area contributed by atoms with Crippen LogP contribution < -0.4 is 10.5 Å². The molecule has 0 unspecified atom stereocenters. The molecule has 2 aliphatic rings. The second kappa shape index (κ2) is 9.50. The molecule has 1 amide bonds. The number of benzene rings is 1. The SMILES string of the molecule is O=C(c1cc(Cc2c[nH]c(=O)c3cc(Cl)c(Cl)n23)ccc1F)N1CCn2c(nnc2N2CCCCC2)C1. The van der Waals surface area contributed by atoms with E-state index in [9.17, 15) is 14.0 Å². The van der Waals surface area contributed by atoms with Crippen molar-refractivity contribution in [3.63, 3.8) is 0 Å². The number of carbonyl (C=O) groups is 1. The fraction of sp³-hybridized carbons (Fsp3) is 0.360. The van der Waals surface area contributed by atoms with Crippen LogP contribution >= 0.6 is 23.2 Å². The van der Waals surface area contributed by atoms with Gasteiger partial charge in [0.05, 0.1) is 17.1 Å². The number of anilines is 1. The standard InChI is InChI=1S/C25H24Cl2FN7O2/c26-18-12-20-23(36)29-13-16(35(20)22(18)27)10-15-4-5-19(28)17(11-15)24(37)33-8-9-34-21(14-33)30-31-25(34)32-6-2-1-3-7-32/h4-5,11-13H,1-3,6-10,14H2,(H,29,36).